The fourth-order valence-electron chi connectivity index (χ4n) is 4.90. The number of furan rings is 1. The van der Waals surface area contributed by atoms with Crippen LogP contribution >= 0.6 is 0 Å². The lowest BCUT2D eigenvalue weighted by molar-refractivity contribution is -0.131. The van der Waals surface area contributed by atoms with Crippen molar-refractivity contribution in [2.75, 3.05) is 5.32 Å². The van der Waals surface area contributed by atoms with Gasteiger partial charge >= 0.3 is 0 Å². The molecule has 0 atom stereocenters. The second-order valence-corrected chi connectivity index (χ2v) is 10.0. The maximum absolute atomic E-state index is 13.1. The molecule has 1 N–H and O–H groups in total. The van der Waals surface area contributed by atoms with Gasteiger partial charge in [-0.3, -0.25) is 4.79 Å². The van der Waals surface area contributed by atoms with E-state index in [0.29, 0.717) is 31.3 Å². The quantitative estimate of drug-likeness (QED) is 0.248. The van der Waals surface area contributed by atoms with Crippen LogP contribution in [0.3, 0.4) is 0 Å². The van der Waals surface area contributed by atoms with Crippen molar-refractivity contribution in [2.24, 2.45) is 0 Å². The largest absolute Gasteiger partial charge is 0.469 e. The number of aryl methyl sites for hydroxylation is 1. The van der Waals surface area contributed by atoms with E-state index in [9.17, 15) is 4.79 Å². The van der Waals surface area contributed by atoms with Crippen molar-refractivity contribution in [2.45, 2.75) is 45.3 Å². The summed E-state index contributed by atoms with van der Waals surface area (Å²) < 4.78 is 5.41. The minimum atomic E-state index is 0.111. The van der Waals surface area contributed by atoms with Crippen molar-refractivity contribution in [1.82, 2.24) is 14.9 Å². The number of hydrogen-bond acceptors (Lipinski definition) is 5. The van der Waals surface area contributed by atoms with Crippen molar-refractivity contribution >= 4 is 22.6 Å². The molecule has 0 bridgehead atoms. The molecule has 1 aliphatic carbocycles. The van der Waals surface area contributed by atoms with Crippen LogP contribution in [0.1, 0.15) is 35.3 Å². The van der Waals surface area contributed by atoms with Crippen LogP contribution in [0, 0.1) is 6.92 Å². The summed E-state index contributed by atoms with van der Waals surface area (Å²) in [6, 6.07) is 27.2. The van der Waals surface area contributed by atoms with Crippen LogP contribution in [-0.2, 0) is 24.3 Å². The molecule has 0 saturated heterocycles. The van der Waals surface area contributed by atoms with E-state index in [2.05, 4.69) is 82.9 Å². The number of carbonyl (C=O) groups is 1. The lowest BCUT2D eigenvalue weighted by Gasteiger charge is -2.22. The Labute approximate surface area is 222 Å². The predicted octanol–water partition coefficient (Wildman–Crippen LogP) is 6.54. The first-order valence-electron chi connectivity index (χ1n) is 13.1. The number of benzene rings is 3. The van der Waals surface area contributed by atoms with Crippen molar-refractivity contribution in [3.05, 3.63) is 114 Å². The zero-order valence-corrected chi connectivity index (χ0v) is 21.4. The highest BCUT2D eigenvalue weighted by molar-refractivity contribution is 5.92. The second-order valence-electron chi connectivity index (χ2n) is 10.0. The van der Waals surface area contributed by atoms with Gasteiger partial charge in [-0.25, -0.2) is 9.97 Å². The van der Waals surface area contributed by atoms with Gasteiger partial charge in [0.25, 0.3) is 0 Å². The molecular formula is C32H30N4O2. The molecule has 1 saturated carbocycles. The molecule has 0 radical (unpaired) electrons. The number of fused-ring (bicyclic) bond motifs is 1. The maximum Gasteiger partial charge on any atom is 0.230 e. The van der Waals surface area contributed by atoms with Crippen LogP contribution in [0.25, 0.3) is 22.0 Å². The van der Waals surface area contributed by atoms with Gasteiger partial charge in [-0.2, -0.15) is 0 Å². The Hall–Kier alpha value is -4.45. The van der Waals surface area contributed by atoms with Gasteiger partial charge in [-0.05, 0) is 72.4 Å². The molecular weight excluding hydrogens is 472 g/mol. The van der Waals surface area contributed by atoms with Crippen molar-refractivity contribution in [1.29, 1.82) is 0 Å². The SMILES string of the molecule is Cc1cccc(CNc2ncnc3ccc(-c4cccc(CN(C(=O)Cc5ccco5)C5CC5)c4)cc23)c1. The zero-order valence-electron chi connectivity index (χ0n) is 21.4. The summed E-state index contributed by atoms with van der Waals surface area (Å²) in [5.74, 6) is 1.64. The number of aromatic nitrogens is 2. The Morgan fingerprint density at radius 2 is 1.79 bits per heavy atom. The standard InChI is InChI=1S/C32H30N4O2/c1-22-5-2-6-23(15-22)19-33-32-29-17-26(10-13-30(29)34-21-35-32)25-8-3-7-24(16-25)20-36(27-11-12-27)31(37)18-28-9-4-14-38-28/h2-10,13-17,21,27H,11-12,18-20H2,1H3,(H,33,34,35). The lowest BCUT2D eigenvalue weighted by Crippen LogP contribution is -2.33. The first-order valence-corrected chi connectivity index (χ1v) is 13.1. The van der Waals surface area contributed by atoms with Crippen LogP contribution < -0.4 is 5.32 Å². The molecule has 6 heteroatoms. The van der Waals surface area contributed by atoms with Gasteiger partial charge in [0.2, 0.25) is 5.91 Å². The van der Waals surface area contributed by atoms with E-state index in [1.807, 2.05) is 23.1 Å². The molecule has 2 aromatic heterocycles. The Morgan fingerprint density at radius 3 is 2.61 bits per heavy atom. The van der Waals surface area contributed by atoms with Gasteiger partial charge < -0.3 is 14.6 Å². The molecule has 0 spiro atoms. The molecule has 1 amide bonds. The fraction of sp³-hybridized carbons (Fsp3) is 0.219. The minimum absolute atomic E-state index is 0.111. The van der Waals surface area contributed by atoms with Gasteiger partial charge in [0, 0.05) is 24.5 Å². The Kier molecular flexibility index (Phi) is 6.61. The third kappa shape index (κ3) is 5.44. The monoisotopic (exact) mass is 502 g/mol. The summed E-state index contributed by atoms with van der Waals surface area (Å²) in [7, 11) is 0. The van der Waals surface area contributed by atoms with Crippen LogP contribution in [0.4, 0.5) is 5.82 Å². The zero-order chi connectivity index (χ0) is 25.9. The highest BCUT2D eigenvalue weighted by Crippen LogP contribution is 2.31. The minimum Gasteiger partial charge on any atom is -0.469 e. The van der Waals surface area contributed by atoms with Gasteiger partial charge in [-0.1, -0.05) is 54.1 Å². The van der Waals surface area contributed by atoms with Gasteiger partial charge in [-0.15, -0.1) is 0 Å². The van der Waals surface area contributed by atoms with Crippen molar-refractivity contribution in [3.8, 4) is 11.1 Å². The number of amides is 1. The molecule has 190 valence electrons. The third-order valence-electron chi connectivity index (χ3n) is 7.00. The molecule has 2 heterocycles. The normalized spacial score (nSPS) is 13.0. The maximum atomic E-state index is 13.1. The Bertz CT molecular complexity index is 1570. The van der Waals surface area contributed by atoms with Crippen LogP contribution in [0.15, 0.2) is 95.9 Å². The average molecular weight is 503 g/mol. The van der Waals surface area contributed by atoms with E-state index in [1.54, 1.807) is 12.6 Å². The summed E-state index contributed by atoms with van der Waals surface area (Å²) in [4.78, 5) is 24.1. The molecule has 6 nitrogen and oxygen atoms in total. The number of nitrogens with one attached hydrogen (secondary N) is 1. The van der Waals surface area contributed by atoms with Gasteiger partial charge in [0.1, 0.15) is 17.9 Å². The van der Waals surface area contributed by atoms with Crippen LogP contribution in [-0.4, -0.2) is 26.8 Å². The number of hydrogen-bond donors (Lipinski definition) is 1. The summed E-state index contributed by atoms with van der Waals surface area (Å²) in [6.07, 6.45) is 5.64. The molecule has 0 unspecified atom stereocenters. The van der Waals surface area contributed by atoms with Gasteiger partial charge in [0.15, 0.2) is 0 Å². The van der Waals surface area contributed by atoms with Crippen LogP contribution in [0.2, 0.25) is 0 Å². The smallest absolute Gasteiger partial charge is 0.230 e. The molecule has 6 rings (SSSR count). The fourth-order valence-corrected chi connectivity index (χ4v) is 4.90. The highest BCUT2D eigenvalue weighted by Gasteiger charge is 2.32. The summed E-state index contributed by atoms with van der Waals surface area (Å²) in [6.45, 7) is 3.39. The van der Waals surface area contributed by atoms with E-state index in [0.717, 1.165) is 46.3 Å². The number of rotatable bonds is 9. The Balaban J connectivity index is 1.23. The molecule has 1 aliphatic rings. The average Bonchev–Trinajstić information content (AvgIpc) is 3.65. The molecule has 1 fully saturated rings. The third-order valence-corrected chi connectivity index (χ3v) is 7.00. The number of carbonyl (C=O) groups excluding carboxylic acids is 1. The first kappa shape index (κ1) is 23.9. The summed E-state index contributed by atoms with van der Waals surface area (Å²) >= 11 is 0. The first-order chi connectivity index (χ1) is 18.6. The summed E-state index contributed by atoms with van der Waals surface area (Å²) in [5, 5.41) is 4.48. The van der Waals surface area contributed by atoms with Crippen molar-refractivity contribution < 1.29 is 9.21 Å². The topological polar surface area (TPSA) is 71.3 Å². The van der Waals surface area contributed by atoms with E-state index in [1.165, 1.54) is 11.1 Å². The van der Waals surface area contributed by atoms with E-state index < -0.39 is 0 Å². The molecule has 3 aromatic carbocycles. The highest BCUT2D eigenvalue weighted by atomic mass is 16.3. The molecule has 38 heavy (non-hydrogen) atoms. The lowest BCUT2D eigenvalue weighted by atomic mass is 10.0. The predicted molar refractivity (Wildman–Crippen MR) is 149 cm³/mol. The van der Waals surface area contributed by atoms with Crippen LogP contribution in [0.5, 0.6) is 0 Å². The Morgan fingerprint density at radius 1 is 0.947 bits per heavy atom. The second kappa shape index (κ2) is 10.5. The summed E-state index contributed by atoms with van der Waals surface area (Å²) in [5.41, 5.74) is 6.66. The van der Waals surface area contributed by atoms with Gasteiger partial charge in [0.05, 0.1) is 18.2 Å². The van der Waals surface area contributed by atoms with E-state index >= 15 is 0 Å². The number of anilines is 1. The molecule has 0 aliphatic heterocycles. The van der Waals surface area contributed by atoms with E-state index in [-0.39, 0.29) is 5.91 Å². The van der Waals surface area contributed by atoms with E-state index in [4.69, 9.17) is 4.42 Å². The molecule has 5 aromatic rings. The number of nitrogens with zero attached hydrogens (tertiary/aromatic N) is 3. The van der Waals surface area contributed by atoms with Crippen molar-refractivity contribution in [3.63, 3.8) is 0 Å².